The highest BCUT2D eigenvalue weighted by Crippen LogP contribution is 2.23. The molecule has 1 N–H and O–H groups in total. The van der Waals surface area contributed by atoms with Crippen LogP contribution >= 0.6 is 0 Å². The number of hydrogen-bond acceptors (Lipinski definition) is 6. The summed E-state index contributed by atoms with van der Waals surface area (Å²) < 4.78 is 7.65. The van der Waals surface area contributed by atoms with Gasteiger partial charge in [0.25, 0.3) is 17.8 Å². The summed E-state index contributed by atoms with van der Waals surface area (Å²) in [6.45, 7) is 11.2. The van der Waals surface area contributed by atoms with Gasteiger partial charge in [0.15, 0.2) is 5.58 Å². The van der Waals surface area contributed by atoms with Crippen LogP contribution < -0.4 is 15.6 Å². The first kappa shape index (κ1) is 25.5. The van der Waals surface area contributed by atoms with Crippen LogP contribution in [0.25, 0.3) is 11.1 Å². The molecule has 0 saturated carbocycles. The molecule has 1 aliphatic rings. The molecule has 0 radical (unpaired) electrons. The molecule has 0 unspecified atom stereocenters. The number of benzene rings is 1. The minimum Gasteiger partial charge on any atom is -0.423 e. The van der Waals surface area contributed by atoms with Gasteiger partial charge in [0, 0.05) is 51.7 Å². The van der Waals surface area contributed by atoms with Crippen molar-refractivity contribution in [3.05, 3.63) is 58.0 Å². The maximum Gasteiger partial charge on any atom is 0.298 e. The van der Waals surface area contributed by atoms with E-state index in [1.54, 1.807) is 21.9 Å². The van der Waals surface area contributed by atoms with Gasteiger partial charge >= 0.3 is 0 Å². The van der Waals surface area contributed by atoms with E-state index in [9.17, 15) is 14.4 Å². The van der Waals surface area contributed by atoms with E-state index in [0.717, 1.165) is 17.5 Å². The van der Waals surface area contributed by atoms with Gasteiger partial charge in [-0.2, -0.15) is 4.98 Å². The van der Waals surface area contributed by atoms with Crippen molar-refractivity contribution in [3.63, 3.8) is 0 Å². The molecule has 3 aromatic rings. The van der Waals surface area contributed by atoms with Crippen LogP contribution in [-0.4, -0.2) is 59.0 Å². The predicted octanol–water partition coefficient (Wildman–Crippen LogP) is 3.38. The van der Waals surface area contributed by atoms with Crippen LogP contribution in [0.3, 0.4) is 0 Å². The van der Waals surface area contributed by atoms with E-state index in [-0.39, 0.29) is 23.0 Å². The van der Waals surface area contributed by atoms with Crippen LogP contribution in [0, 0.1) is 11.8 Å². The number of fused-ring (bicyclic) bond motifs is 1. The van der Waals surface area contributed by atoms with Crippen LogP contribution in [0.2, 0.25) is 0 Å². The van der Waals surface area contributed by atoms with Gasteiger partial charge in [-0.3, -0.25) is 14.4 Å². The smallest absolute Gasteiger partial charge is 0.298 e. The number of carbonyl (C=O) groups excluding carboxylic acids is 2. The molecule has 1 aromatic carbocycles. The summed E-state index contributed by atoms with van der Waals surface area (Å²) in [6.07, 6.45) is 3.96. The Morgan fingerprint density at radius 1 is 1.00 bits per heavy atom. The highest BCUT2D eigenvalue weighted by molar-refractivity contribution is 5.99. The zero-order valence-corrected chi connectivity index (χ0v) is 21.5. The minimum absolute atomic E-state index is 0.00960. The molecule has 0 aliphatic carbocycles. The number of aromatic nitrogens is 2. The van der Waals surface area contributed by atoms with E-state index in [2.05, 4.69) is 24.1 Å². The molecule has 9 heteroatoms. The van der Waals surface area contributed by atoms with E-state index in [1.165, 1.54) is 0 Å². The Hall–Kier alpha value is -3.62. The molecule has 1 aliphatic heterocycles. The van der Waals surface area contributed by atoms with Crippen molar-refractivity contribution in [1.29, 1.82) is 0 Å². The van der Waals surface area contributed by atoms with Gasteiger partial charge in [0.05, 0.1) is 0 Å². The minimum atomic E-state index is -0.525. The lowest BCUT2D eigenvalue weighted by atomic mass is 10.1. The molecule has 36 heavy (non-hydrogen) atoms. The molecule has 0 atom stereocenters. The molecule has 9 nitrogen and oxygen atoms in total. The number of nitrogens with zero attached hydrogens (tertiary/aromatic N) is 4. The van der Waals surface area contributed by atoms with Crippen molar-refractivity contribution < 1.29 is 14.0 Å². The molecule has 1 fully saturated rings. The van der Waals surface area contributed by atoms with Crippen molar-refractivity contribution in [2.24, 2.45) is 11.8 Å². The summed E-state index contributed by atoms with van der Waals surface area (Å²) >= 11 is 0. The maximum absolute atomic E-state index is 13.4. The number of para-hydroxylation sites is 2. The molecule has 0 bridgehead atoms. The van der Waals surface area contributed by atoms with Crippen molar-refractivity contribution in [1.82, 2.24) is 19.8 Å². The number of nitrogens with one attached hydrogen (secondary N) is 1. The van der Waals surface area contributed by atoms with Gasteiger partial charge in [-0.15, -0.1) is 0 Å². The first-order chi connectivity index (χ1) is 17.2. The number of oxazole rings is 1. The van der Waals surface area contributed by atoms with E-state index in [1.807, 2.05) is 43.0 Å². The predicted molar refractivity (Wildman–Crippen MR) is 139 cm³/mol. The third-order valence-electron chi connectivity index (χ3n) is 6.26. The molecule has 4 rings (SSSR count). The maximum atomic E-state index is 13.4. The largest absolute Gasteiger partial charge is 0.423 e. The number of amides is 2. The van der Waals surface area contributed by atoms with E-state index in [4.69, 9.17) is 4.42 Å². The second-order valence-electron chi connectivity index (χ2n) is 10.2. The fraction of sp³-hybridized carbons (Fsp3) is 0.481. The lowest BCUT2D eigenvalue weighted by Gasteiger charge is -2.33. The van der Waals surface area contributed by atoms with Crippen LogP contribution in [-0.2, 0) is 6.54 Å². The number of pyridine rings is 1. The Bertz CT molecular complexity index is 1250. The molecular formula is C27H35N5O4. The van der Waals surface area contributed by atoms with Crippen LogP contribution in [0.15, 0.2) is 45.9 Å². The summed E-state index contributed by atoms with van der Waals surface area (Å²) in [5, 5.41) is 2.83. The van der Waals surface area contributed by atoms with Crippen LogP contribution in [0.4, 0.5) is 6.01 Å². The SMILES string of the molecule is CC(C)CCNC(=O)c1cn(CC(C)C)cc(C(=O)N2CCN(c3nc4ccccc4o3)CC2)c1=O. The van der Waals surface area contributed by atoms with Gasteiger partial charge in [0.2, 0.25) is 5.43 Å². The zero-order valence-electron chi connectivity index (χ0n) is 21.5. The van der Waals surface area contributed by atoms with Gasteiger partial charge in [-0.1, -0.05) is 39.8 Å². The van der Waals surface area contributed by atoms with E-state index >= 15 is 0 Å². The number of piperazine rings is 1. The Morgan fingerprint density at radius 3 is 2.36 bits per heavy atom. The number of rotatable bonds is 8. The fourth-order valence-electron chi connectivity index (χ4n) is 4.31. The third-order valence-corrected chi connectivity index (χ3v) is 6.26. The standard InChI is InChI=1S/C27H35N5O4/c1-18(2)9-10-28-25(34)20-16-30(15-19(3)4)17-21(24(20)33)26(35)31-11-13-32(14-12-31)27-29-22-7-5-6-8-23(22)36-27/h5-8,16-19H,9-15H2,1-4H3,(H,28,34). The Balaban J connectivity index is 1.51. The van der Waals surface area contributed by atoms with Gasteiger partial charge in [-0.05, 0) is 30.4 Å². The molecule has 2 amide bonds. The number of hydrogen-bond donors (Lipinski definition) is 1. The Kier molecular flexibility index (Phi) is 7.76. The van der Waals surface area contributed by atoms with E-state index in [0.29, 0.717) is 51.2 Å². The molecular weight excluding hydrogens is 458 g/mol. The average molecular weight is 494 g/mol. The third kappa shape index (κ3) is 5.78. The lowest BCUT2D eigenvalue weighted by Crippen LogP contribution is -2.50. The summed E-state index contributed by atoms with van der Waals surface area (Å²) in [5.74, 6) is -0.0726. The zero-order chi connectivity index (χ0) is 25.8. The monoisotopic (exact) mass is 493 g/mol. The second-order valence-corrected chi connectivity index (χ2v) is 10.2. The van der Waals surface area contributed by atoms with E-state index < -0.39 is 11.3 Å². The molecule has 192 valence electrons. The molecule has 0 spiro atoms. The quantitative estimate of drug-likeness (QED) is 0.516. The normalized spacial score (nSPS) is 14.2. The first-order valence-electron chi connectivity index (χ1n) is 12.6. The Labute approximate surface area is 211 Å². The number of anilines is 1. The van der Waals surface area contributed by atoms with Gasteiger partial charge in [0.1, 0.15) is 16.6 Å². The molecule has 2 aromatic heterocycles. The van der Waals surface area contributed by atoms with Crippen LogP contribution in [0.5, 0.6) is 0 Å². The van der Waals surface area contributed by atoms with Crippen molar-refractivity contribution in [3.8, 4) is 0 Å². The van der Waals surface area contributed by atoms with Crippen molar-refractivity contribution in [2.75, 3.05) is 37.6 Å². The van der Waals surface area contributed by atoms with Crippen molar-refractivity contribution in [2.45, 2.75) is 40.7 Å². The van der Waals surface area contributed by atoms with Crippen molar-refractivity contribution >= 4 is 28.9 Å². The fourth-order valence-corrected chi connectivity index (χ4v) is 4.31. The first-order valence-corrected chi connectivity index (χ1v) is 12.6. The summed E-state index contributed by atoms with van der Waals surface area (Å²) in [4.78, 5) is 47.7. The average Bonchev–Trinajstić information content (AvgIpc) is 3.28. The molecule has 3 heterocycles. The Morgan fingerprint density at radius 2 is 1.69 bits per heavy atom. The van der Waals surface area contributed by atoms with Crippen LogP contribution in [0.1, 0.15) is 54.8 Å². The van der Waals surface area contributed by atoms with Gasteiger partial charge < -0.3 is 24.1 Å². The summed E-state index contributed by atoms with van der Waals surface area (Å²) in [6, 6.07) is 8.12. The topological polar surface area (TPSA) is 101 Å². The second kappa shape index (κ2) is 11.0. The molecule has 1 saturated heterocycles. The summed E-state index contributed by atoms with van der Waals surface area (Å²) in [7, 11) is 0. The highest BCUT2D eigenvalue weighted by Gasteiger charge is 2.28. The van der Waals surface area contributed by atoms with Gasteiger partial charge in [-0.25, -0.2) is 0 Å². The lowest BCUT2D eigenvalue weighted by molar-refractivity contribution is 0.0742. The highest BCUT2D eigenvalue weighted by atomic mass is 16.4. The summed E-state index contributed by atoms with van der Waals surface area (Å²) in [5.41, 5.74) is 1.03. The number of carbonyl (C=O) groups is 2.